The van der Waals surface area contributed by atoms with Crippen LogP contribution in [0.3, 0.4) is 0 Å². The summed E-state index contributed by atoms with van der Waals surface area (Å²) < 4.78 is 16.8. The molecule has 1 aromatic heterocycles. The van der Waals surface area contributed by atoms with E-state index in [1.54, 1.807) is 13.3 Å². The maximum Gasteiger partial charge on any atom is 0.226 e. The predicted octanol–water partition coefficient (Wildman–Crippen LogP) is 2.90. The lowest BCUT2D eigenvalue weighted by molar-refractivity contribution is -0.0320. The minimum atomic E-state index is 0.348. The standard InChI is InChI=1S/C21H30N4O3/c1-16-4-6-17(7-5-16)20-25-18(15-28-20)14-24-21(22-2)23-10-3-11-27-19-8-12-26-13-9-19/h4-7,15,19H,3,8-14H2,1-2H3,(H2,22,23,24). The van der Waals surface area contributed by atoms with Crippen LogP contribution in [0.15, 0.2) is 39.9 Å². The van der Waals surface area contributed by atoms with Gasteiger partial charge < -0.3 is 24.5 Å². The lowest BCUT2D eigenvalue weighted by Crippen LogP contribution is -2.37. The Morgan fingerprint density at radius 2 is 2.00 bits per heavy atom. The molecule has 3 rings (SSSR count). The Hall–Kier alpha value is -2.38. The third kappa shape index (κ3) is 6.35. The molecule has 1 fully saturated rings. The lowest BCUT2D eigenvalue weighted by atomic mass is 10.1. The van der Waals surface area contributed by atoms with E-state index in [0.29, 0.717) is 18.5 Å². The zero-order chi connectivity index (χ0) is 19.6. The SMILES string of the molecule is CN=C(NCCCOC1CCOCC1)NCc1coc(-c2ccc(C)cc2)n1. The summed E-state index contributed by atoms with van der Waals surface area (Å²) in [5.74, 6) is 1.37. The highest BCUT2D eigenvalue weighted by Crippen LogP contribution is 2.19. The number of guanidine groups is 1. The van der Waals surface area contributed by atoms with Crippen LogP contribution in [0.25, 0.3) is 11.5 Å². The highest BCUT2D eigenvalue weighted by molar-refractivity contribution is 5.79. The number of benzene rings is 1. The van der Waals surface area contributed by atoms with Crippen molar-refractivity contribution >= 4 is 5.96 Å². The van der Waals surface area contributed by atoms with Gasteiger partial charge >= 0.3 is 0 Å². The van der Waals surface area contributed by atoms with E-state index in [1.165, 1.54) is 5.56 Å². The number of aliphatic imine (C=N–C) groups is 1. The Kier molecular flexibility index (Phi) is 7.87. The van der Waals surface area contributed by atoms with Crippen molar-refractivity contribution in [3.05, 3.63) is 41.8 Å². The molecule has 0 atom stereocenters. The average molecular weight is 386 g/mol. The maximum absolute atomic E-state index is 5.88. The Balaban J connectivity index is 1.35. The van der Waals surface area contributed by atoms with Crippen LogP contribution in [0, 0.1) is 6.92 Å². The van der Waals surface area contributed by atoms with Crippen LogP contribution in [0.4, 0.5) is 0 Å². The van der Waals surface area contributed by atoms with Crippen LogP contribution >= 0.6 is 0 Å². The molecule has 2 heterocycles. The second-order valence-corrected chi connectivity index (χ2v) is 6.90. The van der Waals surface area contributed by atoms with E-state index in [-0.39, 0.29) is 0 Å². The molecule has 0 bridgehead atoms. The van der Waals surface area contributed by atoms with Crippen LogP contribution < -0.4 is 10.6 Å². The van der Waals surface area contributed by atoms with Gasteiger partial charge in [-0.25, -0.2) is 4.98 Å². The van der Waals surface area contributed by atoms with Gasteiger partial charge in [0.2, 0.25) is 5.89 Å². The minimum absolute atomic E-state index is 0.348. The molecule has 7 heteroatoms. The molecule has 0 saturated carbocycles. The van der Waals surface area contributed by atoms with Gasteiger partial charge in [-0.1, -0.05) is 17.7 Å². The smallest absolute Gasteiger partial charge is 0.226 e. The number of ether oxygens (including phenoxy) is 2. The molecule has 2 N–H and O–H groups in total. The van der Waals surface area contributed by atoms with Crippen molar-refractivity contribution in [2.45, 2.75) is 38.8 Å². The molecule has 1 aromatic carbocycles. The first-order valence-corrected chi connectivity index (χ1v) is 9.90. The third-order valence-corrected chi connectivity index (χ3v) is 4.65. The van der Waals surface area contributed by atoms with Gasteiger partial charge in [0, 0.05) is 39.0 Å². The molecule has 1 aliphatic heterocycles. The summed E-state index contributed by atoms with van der Waals surface area (Å²) in [6.07, 6.45) is 4.95. The van der Waals surface area contributed by atoms with Gasteiger partial charge in [0.25, 0.3) is 0 Å². The fraction of sp³-hybridized carbons (Fsp3) is 0.524. The summed E-state index contributed by atoms with van der Waals surface area (Å²) >= 11 is 0. The van der Waals surface area contributed by atoms with Crippen molar-refractivity contribution in [3.8, 4) is 11.5 Å². The van der Waals surface area contributed by atoms with E-state index in [9.17, 15) is 0 Å². The van der Waals surface area contributed by atoms with E-state index < -0.39 is 0 Å². The fourth-order valence-electron chi connectivity index (χ4n) is 2.98. The first kappa shape index (κ1) is 20.4. The van der Waals surface area contributed by atoms with E-state index in [4.69, 9.17) is 13.9 Å². The van der Waals surface area contributed by atoms with Crippen molar-refractivity contribution in [3.63, 3.8) is 0 Å². The Morgan fingerprint density at radius 3 is 2.75 bits per heavy atom. The molecule has 7 nitrogen and oxygen atoms in total. The summed E-state index contributed by atoms with van der Waals surface area (Å²) in [5.41, 5.74) is 3.02. The second-order valence-electron chi connectivity index (χ2n) is 6.90. The summed E-state index contributed by atoms with van der Waals surface area (Å²) in [4.78, 5) is 8.78. The molecular formula is C21H30N4O3. The highest BCUT2D eigenvalue weighted by atomic mass is 16.5. The van der Waals surface area contributed by atoms with Crippen molar-refractivity contribution in [1.29, 1.82) is 0 Å². The Bertz CT molecular complexity index is 736. The largest absolute Gasteiger partial charge is 0.444 e. The molecule has 152 valence electrons. The third-order valence-electron chi connectivity index (χ3n) is 4.65. The molecule has 0 spiro atoms. The quantitative estimate of drug-likeness (QED) is 0.412. The van der Waals surface area contributed by atoms with Crippen molar-refractivity contribution in [2.24, 2.45) is 4.99 Å². The minimum Gasteiger partial charge on any atom is -0.444 e. The summed E-state index contributed by atoms with van der Waals surface area (Å²) in [6.45, 7) is 5.78. The van der Waals surface area contributed by atoms with Crippen molar-refractivity contribution < 1.29 is 13.9 Å². The van der Waals surface area contributed by atoms with Crippen LogP contribution in [0.1, 0.15) is 30.5 Å². The van der Waals surface area contributed by atoms with Gasteiger partial charge in [-0.3, -0.25) is 4.99 Å². The molecule has 2 aromatic rings. The van der Waals surface area contributed by atoms with Crippen LogP contribution in [0.5, 0.6) is 0 Å². The number of nitrogens with zero attached hydrogens (tertiary/aromatic N) is 2. The monoisotopic (exact) mass is 386 g/mol. The van der Waals surface area contributed by atoms with Crippen LogP contribution in [-0.2, 0) is 16.0 Å². The maximum atomic E-state index is 5.88. The first-order valence-electron chi connectivity index (χ1n) is 9.90. The molecule has 0 amide bonds. The Labute approximate surface area is 166 Å². The van der Waals surface area contributed by atoms with Crippen LogP contribution in [0.2, 0.25) is 0 Å². The topological polar surface area (TPSA) is 80.9 Å². The van der Waals surface area contributed by atoms with Crippen molar-refractivity contribution in [1.82, 2.24) is 15.6 Å². The molecule has 1 aliphatic rings. The zero-order valence-corrected chi connectivity index (χ0v) is 16.7. The van der Waals surface area contributed by atoms with Gasteiger partial charge in [0.05, 0.1) is 18.3 Å². The normalized spacial score (nSPS) is 15.6. The molecule has 0 aliphatic carbocycles. The number of nitrogens with one attached hydrogen (secondary N) is 2. The van der Waals surface area contributed by atoms with Crippen LogP contribution in [-0.4, -0.2) is 50.5 Å². The summed E-state index contributed by atoms with van der Waals surface area (Å²) in [6, 6.07) is 8.13. The number of aromatic nitrogens is 1. The van der Waals surface area contributed by atoms with Gasteiger partial charge in [-0.05, 0) is 38.3 Å². The van der Waals surface area contributed by atoms with Gasteiger partial charge in [-0.15, -0.1) is 0 Å². The van der Waals surface area contributed by atoms with E-state index >= 15 is 0 Å². The highest BCUT2D eigenvalue weighted by Gasteiger charge is 2.13. The number of aryl methyl sites for hydroxylation is 1. The van der Waals surface area contributed by atoms with E-state index in [1.807, 2.05) is 12.1 Å². The number of hydrogen-bond acceptors (Lipinski definition) is 5. The molecular weight excluding hydrogens is 356 g/mol. The number of rotatable bonds is 8. The van der Waals surface area contributed by atoms with Gasteiger partial charge in [0.1, 0.15) is 6.26 Å². The Morgan fingerprint density at radius 1 is 1.21 bits per heavy atom. The zero-order valence-electron chi connectivity index (χ0n) is 16.7. The first-order chi connectivity index (χ1) is 13.7. The average Bonchev–Trinajstić information content (AvgIpc) is 3.20. The molecule has 0 unspecified atom stereocenters. The lowest BCUT2D eigenvalue weighted by Gasteiger charge is -2.22. The van der Waals surface area contributed by atoms with Gasteiger partial charge in [-0.2, -0.15) is 0 Å². The van der Waals surface area contributed by atoms with Gasteiger partial charge in [0.15, 0.2) is 5.96 Å². The molecule has 0 radical (unpaired) electrons. The summed E-state index contributed by atoms with van der Waals surface area (Å²) in [5, 5.41) is 6.56. The molecule has 28 heavy (non-hydrogen) atoms. The van der Waals surface area contributed by atoms with E-state index in [0.717, 1.165) is 62.8 Å². The number of oxazole rings is 1. The summed E-state index contributed by atoms with van der Waals surface area (Å²) in [7, 11) is 1.76. The number of hydrogen-bond donors (Lipinski definition) is 2. The fourth-order valence-corrected chi connectivity index (χ4v) is 2.98. The van der Waals surface area contributed by atoms with E-state index in [2.05, 4.69) is 39.7 Å². The van der Waals surface area contributed by atoms with Crippen molar-refractivity contribution in [2.75, 3.05) is 33.4 Å². The molecule has 1 saturated heterocycles. The second kappa shape index (κ2) is 10.8. The predicted molar refractivity (Wildman–Crippen MR) is 109 cm³/mol.